The van der Waals surface area contributed by atoms with Gasteiger partial charge in [-0.25, -0.2) is 0 Å². The molecule has 148 valence electrons. The Morgan fingerprint density at radius 1 is 1.27 bits per heavy atom. The maximum Gasteiger partial charge on any atom is 0.193 e. The molecule has 0 amide bonds. The number of ether oxygens (including phenoxy) is 1. The quantitative estimate of drug-likeness (QED) is 0.241. The smallest absolute Gasteiger partial charge is 0.193 e. The van der Waals surface area contributed by atoms with Crippen molar-refractivity contribution in [1.82, 2.24) is 10.2 Å². The average Bonchev–Trinajstić information content (AvgIpc) is 2.60. The molecule has 7 heteroatoms. The molecule has 1 N–H and O–H groups in total. The Kier molecular flexibility index (Phi) is 11.9. The van der Waals surface area contributed by atoms with E-state index in [0.717, 1.165) is 75.0 Å². The van der Waals surface area contributed by atoms with Crippen molar-refractivity contribution in [3.8, 4) is 0 Å². The number of hydrogen-bond acceptors (Lipinski definition) is 2. The van der Waals surface area contributed by atoms with Crippen LogP contribution in [0.15, 0.2) is 23.2 Å². The summed E-state index contributed by atoms with van der Waals surface area (Å²) >= 11 is 12.2. The highest BCUT2D eigenvalue weighted by molar-refractivity contribution is 14.0. The van der Waals surface area contributed by atoms with E-state index < -0.39 is 0 Å². The molecule has 0 bridgehead atoms. The van der Waals surface area contributed by atoms with Crippen LogP contribution in [0.1, 0.15) is 38.7 Å². The van der Waals surface area contributed by atoms with Crippen molar-refractivity contribution in [3.05, 3.63) is 33.8 Å². The summed E-state index contributed by atoms with van der Waals surface area (Å²) in [4.78, 5) is 7.13. The molecule has 1 saturated heterocycles. The molecule has 0 aromatic heterocycles. The Bertz CT molecular complexity index is 564. The van der Waals surface area contributed by atoms with Gasteiger partial charge in [0.2, 0.25) is 0 Å². The van der Waals surface area contributed by atoms with Gasteiger partial charge in [0.1, 0.15) is 0 Å². The van der Waals surface area contributed by atoms with E-state index >= 15 is 0 Å². The lowest BCUT2D eigenvalue weighted by molar-refractivity contribution is 0.0264. The van der Waals surface area contributed by atoms with E-state index in [1.165, 1.54) is 0 Å². The summed E-state index contributed by atoms with van der Waals surface area (Å²) in [5.74, 6) is 1.01. The van der Waals surface area contributed by atoms with Crippen LogP contribution >= 0.6 is 47.2 Å². The third-order valence-electron chi connectivity index (χ3n) is 4.36. The average molecular weight is 514 g/mol. The fraction of sp³-hybridized carbons (Fsp3) is 0.632. The first-order valence-corrected chi connectivity index (χ1v) is 9.98. The van der Waals surface area contributed by atoms with Gasteiger partial charge in [-0.15, -0.1) is 24.0 Å². The monoisotopic (exact) mass is 513 g/mol. The van der Waals surface area contributed by atoms with Gasteiger partial charge in [0, 0.05) is 42.8 Å². The summed E-state index contributed by atoms with van der Waals surface area (Å²) in [6.07, 6.45) is 4.41. The normalized spacial score (nSPS) is 15.7. The SMILES string of the molecule is CCNC(=NCCCc1ccc(Cl)cc1Cl)N1CCC(OCC)CC1.I. The minimum absolute atomic E-state index is 0. The molecule has 0 radical (unpaired) electrons. The first kappa shape index (κ1) is 23.8. The molecule has 4 nitrogen and oxygen atoms in total. The van der Waals surface area contributed by atoms with Gasteiger partial charge in [-0.3, -0.25) is 4.99 Å². The lowest BCUT2D eigenvalue weighted by atomic mass is 10.1. The second-order valence-corrected chi connectivity index (χ2v) is 7.06. The zero-order valence-corrected chi connectivity index (χ0v) is 19.5. The number of aryl methyl sites for hydroxylation is 1. The summed E-state index contributed by atoms with van der Waals surface area (Å²) in [6.45, 7) is 8.63. The van der Waals surface area contributed by atoms with Crippen LogP contribution in [-0.2, 0) is 11.2 Å². The molecule has 0 saturated carbocycles. The van der Waals surface area contributed by atoms with Crippen LogP contribution in [0.5, 0.6) is 0 Å². The third kappa shape index (κ3) is 7.79. The number of benzene rings is 1. The first-order valence-electron chi connectivity index (χ1n) is 9.22. The number of hydrogen-bond donors (Lipinski definition) is 1. The van der Waals surface area contributed by atoms with Crippen molar-refractivity contribution in [2.75, 3.05) is 32.8 Å². The molecule has 1 aliphatic rings. The second kappa shape index (κ2) is 13.0. The van der Waals surface area contributed by atoms with Crippen molar-refractivity contribution in [2.24, 2.45) is 4.99 Å². The van der Waals surface area contributed by atoms with Crippen molar-refractivity contribution in [3.63, 3.8) is 0 Å². The number of nitrogens with one attached hydrogen (secondary N) is 1. The van der Waals surface area contributed by atoms with Crippen molar-refractivity contribution < 1.29 is 4.74 Å². The molecule has 0 spiro atoms. The number of guanidine groups is 1. The van der Waals surface area contributed by atoms with E-state index in [1.807, 2.05) is 12.1 Å². The minimum Gasteiger partial charge on any atom is -0.378 e. The zero-order valence-electron chi connectivity index (χ0n) is 15.6. The lowest BCUT2D eigenvalue weighted by Gasteiger charge is -2.34. The summed E-state index contributed by atoms with van der Waals surface area (Å²) in [7, 11) is 0. The van der Waals surface area contributed by atoms with Gasteiger partial charge in [-0.2, -0.15) is 0 Å². The molecule has 0 unspecified atom stereocenters. The highest BCUT2D eigenvalue weighted by Crippen LogP contribution is 2.22. The maximum atomic E-state index is 6.23. The molecule has 0 atom stereocenters. The molecule has 1 aromatic rings. The van der Waals surface area contributed by atoms with Gasteiger partial charge >= 0.3 is 0 Å². The first-order chi connectivity index (χ1) is 12.1. The summed E-state index contributed by atoms with van der Waals surface area (Å²) < 4.78 is 5.73. The topological polar surface area (TPSA) is 36.9 Å². The molecule has 26 heavy (non-hydrogen) atoms. The predicted octanol–water partition coefficient (Wildman–Crippen LogP) is 5.01. The van der Waals surface area contributed by atoms with Crippen LogP contribution in [-0.4, -0.2) is 49.7 Å². The lowest BCUT2D eigenvalue weighted by Crippen LogP contribution is -2.47. The molecular formula is C19H30Cl2IN3O. The molecular weight excluding hydrogens is 484 g/mol. The molecule has 2 rings (SSSR count). The Balaban J connectivity index is 0.00000338. The van der Waals surface area contributed by atoms with E-state index in [9.17, 15) is 0 Å². The number of rotatable bonds is 7. The van der Waals surface area contributed by atoms with E-state index in [0.29, 0.717) is 11.1 Å². The number of nitrogens with zero attached hydrogens (tertiary/aromatic N) is 2. The minimum atomic E-state index is 0. The maximum absolute atomic E-state index is 6.23. The van der Waals surface area contributed by atoms with Crippen LogP contribution < -0.4 is 5.32 Å². The fourth-order valence-corrected chi connectivity index (χ4v) is 3.58. The largest absolute Gasteiger partial charge is 0.378 e. The van der Waals surface area contributed by atoms with Crippen LogP contribution in [0.4, 0.5) is 0 Å². The summed E-state index contributed by atoms with van der Waals surface area (Å²) in [5, 5.41) is 4.82. The van der Waals surface area contributed by atoms with E-state index in [2.05, 4.69) is 24.1 Å². The number of piperidine rings is 1. The standard InChI is InChI=1S/C19H29Cl2N3O.HI/c1-3-22-19(24-12-9-17(10-13-24)25-4-2)23-11-5-6-15-7-8-16(20)14-18(15)21;/h7-8,14,17H,3-6,9-13H2,1-2H3,(H,22,23);1H. The van der Waals surface area contributed by atoms with Crippen LogP contribution in [0, 0.1) is 0 Å². The second-order valence-electron chi connectivity index (χ2n) is 6.22. The van der Waals surface area contributed by atoms with Gasteiger partial charge in [0.25, 0.3) is 0 Å². The Hall–Kier alpha value is -0.240. The molecule has 1 fully saturated rings. The summed E-state index contributed by atoms with van der Waals surface area (Å²) in [5.41, 5.74) is 1.13. The van der Waals surface area contributed by atoms with Crippen molar-refractivity contribution >= 4 is 53.1 Å². The predicted molar refractivity (Wildman–Crippen MR) is 122 cm³/mol. The fourth-order valence-electron chi connectivity index (χ4n) is 3.07. The van der Waals surface area contributed by atoms with E-state index in [-0.39, 0.29) is 24.0 Å². The third-order valence-corrected chi connectivity index (χ3v) is 4.95. The van der Waals surface area contributed by atoms with Crippen molar-refractivity contribution in [2.45, 2.75) is 45.6 Å². The molecule has 1 heterocycles. The van der Waals surface area contributed by atoms with E-state index in [4.69, 9.17) is 32.9 Å². The van der Waals surface area contributed by atoms with Gasteiger partial charge in [0.15, 0.2) is 5.96 Å². The number of halogens is 3. The van der Waals surface area contributed by atoms with Gasteiger partial charge in [0.05, 0.1) is 6.10 Å². The number of aliphatic imine (C=N–C) groups is 1. The Morgan fingerprint density at radius 3 is 2.62 bits per heavy atom. The van der Waals surface area contributed by atoms with Crippen molar-refractivity contribution in [1.29, 1.82) is 0 Å². The zero-order chi connectivity index (χ0) is 18.1. The van der Waals surface area contributed by atoms with Crippen LogP contribution in [0.3, 0.4) is 0 Å². The van der Waals surface area contributed by atoms with E-state index in [1.54, 1.807) is 6.07 Å². The van der Waals surface area contributed by atoms with Gasteiger partial charge < -0.3 is 15.0 Å². The molecule has 1 aliphatic heterocycles. The molecule has 1 aromatic carbocycles. The summed E-state index contributed by atoms with van der Waals surface area (Å²) in [6, 6.07) is 5.69. The number of likely N-dealkylation sites (tertiary alicyclic amines) is 1. The molecule has 0 aliphatic carbocycles. The van der Waals surface area contributed by atoms with Crippen LogP contribution in [0.25, 0.3) is 0 Å². The highest BCUT2D eigenvalue weighted by atomic mass is 127. The van der Waals surface area contributed by atoms with Gasteiger partial charge in [-0.05, 0) is 57.2 Å². The Labute approximate surface area is 184 Å². The highest BCUT2D eigenvalue weighted by Gasteiger charge is 2.21. The Morgan fingerprint density at radius 2 is 2.00 bits per heavy atom. The van der Waals surface area contributed by atoms with Gasteiger partial charge in [-0.1, -0.05) is 29.3 Å². The van der Waals surface area contributed by atoms with Crippen LogP contribution in [0.2, 0.25) is 10.0 Å².